The highest BCUT2D eigenvalue weighted by Crippen LogP contribution is 2.31. The number of hydrogen-bond acceptors (Lipinski definition) is 4. The zero-order chi connectivity index (χ0) is 14.2. The number of para-hydroxylation sites is 1. The van der Waals surface area contributed by atoms with Crippen LogP contribution in [0.2, 0.25) is 0 Å². The lowest BCUT2D eigenvalue weighted by Crippen LogP contribution is -2.62. The van der Waals surface area contributed by atoms with Crippen LogP contribution in [0.5, 0.6) is 0 Å². The zero-order valence-electron chi connectivity index (χ0n) is 11.5. The molecule has 1 saturated heterocycles. The molecule has 0 saturated carbocycles. The Morgan fingerprint density at radius 3 is 2.85 bits per heavy atom. The molecule has 0 aliphatic carbocycles. The summed E-state index contributed by atoms with van der Waals surface area (Å²) in [4.78, 5) is 6.63. The highest BCUT2D eigenvalue weighted by Gasteiger charge is 2.40. The van der Waals surface area contributed by atoms with E-state index in [1.807, 2.05) is 35.2 Å². The molecule has 4 nitrogen and oxygen atoms in total. The van der Waals surface area contributed by atoms with Crippen molar-refractivity contribution in [3.8, 4) is 6.07 Å². The molecule has 1 fully saturated rings. The second kappa shape index (κ2) is 4.77. The SMILES string of the molecule is CCCC1(O)CN(c2cc(C#N)c3ccccc3n2)C1. The van der Waals surface area contributed by atoms with Crippen molar-refractivity contribution >= 4 is 16.7 Å². The standard InChI is InChI=1S/C16H17N3O/c1-2-7-16(20)10-19(11-16)15-8-12(9-17)13-5-3-4-6-14(13)18-15/h3-6,8,20H,2,7,10-11H2,1H3. The monoisotopic (exact) mass is 267 g/mol. The maximum atomic E-state index is 10.2. The van der Waals surface area contributed by atoms with Crippen LogP contribution in [-0.4, -0.2) is 28.8 Å². The number of nitrogens with zero attached hydrogens (tertiary/aromatic N) is 3. The average molecular weight is 267 g/mol. The van der Waals surface area contributed by atoms with Gasteiger partial charge in [0.05, 0.1) is 22.8 Å². The molecule has 1 aromatic heterocycles. The fourth-order valence-electron chi connectivity index (χ4n) is 2.87. The van der Waals surface area contributed by atoms with E-state index in [2.05, 4.69) is 18.0 Å². The second-order valence-corrected chi connectivity index (χ2v) is 5.49. The van der Waals surface area contributed by atoms with Gasteiger partial charge in [0.15, 0.2) is 0 Å². The van der Waals surface area contributed by atoms with Gasteiger partial charge in [-0.15, -0.1) is 0 Å². The average Bonchev–Trinajstić information content (AvgIpc) is 2.43. The Balaban J connectivity index is 1.93. The summed E-state index contributed by atoms with van der Waals surface area (Å²) in [5, 5.41) is 20.4. The summed E-state index contributed by atoms with van der Waals surface area (Å²) in [7, 11) is 0. The van der Waals surface area contributed by atoms with Crippen molar-refractivity contribution in [3.05, 3.63) is 35.9 Å². The molecule has 2 heterocycles. The first-order chi connectivity index (χ1) is 9.65. The molecule has 0 bridgehead atoms. The maximum Gasteiger partial charge on any atom is 0.130 e. The number of benzene rings is 1. The largest absolute Gasteiger partial charge is 0.386 e. The fourth-order valence-corrected chi connectivity index (χ4v) is 2.87. The molecule has 102 valence electrons. The van der Waals surface area contributed by atoms with Crippen molar-refractivity contribution < 1.29 is 5.11 Å². The number of aliphatic hydroxyl groups is 1. The van der Waals surface area contributed by atoms with Gasteiger partial charge < -0.3 is 10.0 Å². The van der Waals surface area contributed by atoms with E-state index in [1.54, 1.807) is 0 Å². The van der Waals surface area contributed by atoms with E-state index >= 15 is 0 Å². The van der Waals surface area contributed by atoms with E-state index in [1.165, 1.54) is 0 Å². The number of fused-ring (bicyclic) bond motifs is 1. The fraction of sp³-hybridized carbons (Fsp3) is 0.375. The molecule has 20 heavy (non-hydrogen) atoms. The minimum Gasteiger partial charge on any atom is -0.386 e. The molecular weight excluding hydrogens is 250 g/mol. The first kappa shape index (κ1) is 12.9. The lowest BCUT2D eigenvalue weighted by molar-refractivity contribution is 0.00297. The molecule has 0 radical (unpaired) electrons. The summed E-state index contributed by atoms with van der Waals surface area (Å²) in [6.07, 6.45) is 1.78. The molecule has 1 N–H and O–H groups in total. The molecule has 2 aromatic rings. The minimum atomic E-state index is -0.588. The van der Waals surface area contributed by atoms with E-state index < -0.39 is 5.60 Å². The minimum absolute atomic E-state index is 0.588. The predicted molar refractivity (Wildman–Crippen MR) is 78.5 cm³/mol. The molecule has 1 aliphatic rings. The van der Waals surface area contributed by atoms with Crippen molar-refractivity contribution in [2.45, 2.75) is 25.4 Å². The van der Waals surface area contributed by atoms with E-state index in [9.17, 15) is 10.4 Å². The third-order valence-corrected chi connectivity index (χ3v) is 3.83. The first-order valence-corrected chi connectivity index (χ1v) is 6.92. The molecule has 3 rings (SSSR count). The van der Waals surface area contributed by atoms with Crippen LogP contribution in [0.1, 0.15) is 25.3 Å². The third kappa shape index (κ3) is 2.10. The summed E-state index contributed by atoms with van der Waals surface area (Å²) in [5.41, 5.74) is 0.874. The van der Waals surface area contributed by atoms with Gasteiger partial charge in [0.25, 0.3) is 0 Å². The molecule has 1 aromatic carbocycles. The molecule has 4 heteroatoms. The second-order valence-electron chi connectivity index (χ2n) is 5.49. The van der Waals surface area contributed by atoms with Crippen molar-refractivity contribution in [2.24, 2.45) is 0 Å². The Hall–Kier alpha value is -2.12. The Labute approximate surface area is 118 Å². The van der Waals surface area contributed by atoms with Gasteiger partial charge in [-0.2, -0.15) is 5.26 Å². The van der Waals surface area contributed by atoms with Gasteiger partial charge in [-0.1, -0.05) is 31.5 Å². The van der Waals surface area contributed by atoms with Gasteiger partial charge in [-0.25, -0.2) is 4.98 Å². The van der Waals surface area contributed by atoms with Gasteiger partial charge in [0.1, 0.15) is 5.82 Å². The zero-order valence-corrected chi connectivity index (χ0v) is 11.5. The number of anilines is 1. The van der Waals surface area contributed by atoms with Gasteiger partial charge >= 0.3 is 0 Å². The van der Waals surface area contributed by atoms with Crippen molar-refractivity contribution in [1.82, 2.24) is 4.98 Å². The Bertz CT molecular complexity index is 684. The normalized spacial score (nSPS) is 16.8. The van der Waals surface area contributed by atoms with Crippen LogP contribution in [0.3, 0.4) is 0 Å². The quantitative estimate of drug-likeness (QED) is 0.928. The Morgan fingerprint density at radius 1 is 1.40 bits per heavy atom. The summed E-state index contributed by atoms with van der Waals surface area (Å²) in [6.45, 7) is 3.26. The van der Waals surface area contributed by atoms with Crippen LogP contribution >= 0.6 is 0 Å². The van der Waals surface area contributed by atoms with Crippen LogP contribution in [0.4, 0.5) is 5.82 Å². The number of β-amino-alcohol motifs (C(OH)–C–C–N with tert-alkyl or cyclic N) is 1. The van der Waals surface area contributed by atoms with E-state index in [0.717, 1.165) is 29.6 Å². The molecule has 0 unspecified atom stereocenters. The maximum absolute atomic E-state index is 10.2. The van der Waals surface area contributed by atoms with E-state index in [4.69, 9.17) is 0 Å². The number of rotatable bonds is 3. The van der Waals surface area contributed by atoms with Gasteiger partial charge in [0, 0.05) is 18.5 Å². The smallest absolute Gasteiger partial charge is 0.130 e. The van der Waals surface area contributed by atoms with Crippen molar-refractivity contribution in [1.29, 1.82) is 5.26 Å². The number of nitriles is 1. The number of aromatic nitrogens is 1. The first-order valence-electron chi connectivity index (χ1n) is 6.92. The Kier molecular flexibility index (Phi) is 3.07. The van der Waals surface area contributed by atoms with Crippen molar-refractivity contribution in [2.75, 3.05) is 18.0 Å². The van der Waals surface area contributed by atoms with E-state index in [0.29, 0.717) is 18.7 Å². The van der Waals surface area contributed by atoms with Crippen LogP contribution < -0.4 is 4.90 Å². The van der Waals surface area contributed by atoms with Gasteiger partial charge in [-0.05, 0) is 18.6 Å². The molecule has 0 amide bonds. The lowest BCUT2D eigenvalue weighted by Gasteiger charge is -2.47. The number of pyridine rings is 1. The summed E-state index contributed by atoms with van der Waals surface area (Å²) < 4.78 is 0. The summed E-state index contributed by atoms with van der Waals surface area (Å²) in [6, 6.07) is 11.7. The van der Waals surface area contributed by atoms with Crippen LogP contribution in [-0.2, 0) is 0 Å². The van der Waals surface area contributed by atoms with Crippen LogP contribution in [0.25, 0.3) is 10.9 Å². The molecule has 0 atom stereocenters. The van der Waals surface area contributed by atoms with Crippen molar-refractivity contribution in [3.63, 3.8) is 0 Å². The predicted octanol–water partition coefficient (Wildman–Crippen LogP) is 2.46. The van der Waals surface area contributed by atoms with Gasteiger partial charge in [-0.3, -0.25) is 0 Å². The highest BCUT2D eigenvalue weighted by atomic mass is 16.3. The molecule has 1 aliphatic heterocycles. The Morgan fingerprint density at radius 2 is 2.15 bits per heavy atom. The summed E-state index contributed by atoms with van der Waals surface area (Å²) in [5.74, 6) is 0.779. The molecular formula is C16H17N3O. The molecule has 0 spiro atoms. The van der Waals surface area contributed by atoms with Gasteiger partial charge in [0.2, 0.25) is 0 Å². The number of hydrogen-bond donors (Lipinski definition) is 1. The van der Waals surface area contributed by atoms with E-state index in [-0.39, 0.29) is 0 Å². The topological polar surface area (TPSA) is 60.1 Å². The lowest BCUT2D eigenvalue weighted by atomic mass is 9.89. The summed E-state index contributed by atoms with van der Waals surface area (Å²) >= 11 is 0. The van der Waals surface area contributed by atoms with Crippen LogP contribution in [0.15, 0.2) is 30.3 Å². The highest BCUT2D eigenvalue weighted by molar-refractivity contribution is 5.86. The van der Waals surface area contributed by atoms with Crippen LogP contribution in [0, 0.1) is 11.3 Å². The third-order valence-electron chi connectivity index (χ3n) is 3.83.